The molecule has 0 spiro atoms. The minimum Gasteiger partial charge on any atom is -0.207 e. The summed E-state index contributed by atoms with van der Waals surface area (Å²) in [7, 11) is 0. The summed E-state index contributed by atoms with van der Waals surface area (Å²) >= 11 is 14.9. The third-order valence-electron chi connectivity index (χ3n) is 2.53. The molecule has 0 heterocycles. The number of hydrogen-bond acceptors (Lipinski definition) is 0. The van der Waals surface area contributed by atoms with Gasteiger partial charge in [-0.2, -0.15) is 0 Å². The smallest absolute Gasteiger partial charge is 0.133 e. The summed E-state index contributed by atoms with van der Waals surface area (Å²) in [6, 6.07) is 5.81. The first-order valence-corrected chi connectivity index (χ1v) is 6.80. The van der Waals surface area contributed by atoms with Gasteiger partial charge in [-0.05, 0) is 17.7 Å². The minimum atomic E-state index is -0.981. The van der Waals surface area contributed by atoms with E-state index in [0.717, 1.165) is 0 Å². The molecule has 0 aliphatic heterocycles. The quantitative estimate of drug-likeness (QED) is 0.578. The highest BCUT2D eigenvalue weighted by Gasteiger charge is 2.22. The topological polar surface area (TPSA) is 0 Å². The van der Waals surface area contributed by atoms with Gasteiger partial charge in [-0.1, -0.05) is 45.2 Å². The molecule has 100 valence electrons. The van der Waals surface area contributed by atoms with Gasteiger partial charge in [0.2, 0.25) is 0 Å². The van der Waals surface area contributed by atoms with Crippen LogP contribution in [0.2, 0.25) is 10.0 Å². The zero-order valence-electron chi connectivity index (χ0n) is 9.23. The molecule has 19 heavy (non-hydrogen) atoms. The fraction of sp³-hybridized carbons (Fsp3) is 0.0769. The molecule has 0 saturated carbocycles. The molecule has 0 fully saturated rings. The van der Waals surface area contributed by atoms with Crippen molar-refractivity contribution in [2.45, 2.75) is 4.83 Å². The molecule has 0 aromatic heterocycles. The molecule has 0 nitrogen and oxygen atoms in total. The van der Waals surface area contributed by atoms with Crippen LogP contribution >= 0.6 is 39.1 Å². The SMILES string of the molecule is Fc1cc(F)c(C(Br)c2ccc(Cl)cc2Cl)c(F)c1. The third kappa shape index (κ3) is 3.07. The fourth-order valence-corrected chi connectivity index (χ4v) is 3.14. The van der Waals surface area contributed by atoms with E-state index in [4.69, 9.17) is 23.2 Å². The standard InChI is InChI=1S/C13H6BrCl2F3/c14-13(8-2-1-6(15)3-9(8)16)12-10(18)4-7(17)5-11(12)19/h1-5,13H. The average Bonchev–Trinajstić information content (AvgIpc) is 2.26. The van der Waals surface area contributed by atoms with Gasteiger partial charge in [0.1, 0.15) is 17.5 Å². The molecule has 0 saturated heterocycles. The molecular formula is C13H6BrCl2F3. The molecule has 0 N–H and O–H groups in total. The van der Waals surface area contributed by atoms with E-state index >= 15 is 0 Å². The van der Waals surface area contributed by atoms with Crippen molar-refractivity contribution in [2.24, 2.45) is 0 Å². The molecule has 0 radical (unpaired) electrons. The maximum atomic E-state index is 13.7. The first-order chi connectivity index (χ1) is 8.90. The van der Waals surface area contributed by atoms with Crippen LogP contribution in [0.4, 0.5) is 13.2 Å². The summed E-state index contributed by atoms with van der Waals surface area (Å²) in [4.78, 5) is -0.835. The maximum Gasteiger partial charge on any atom is 0.133 e. The van der Waals surface area contributed by atoms with Crippen molar-refractivity contribution in [3.63, 3.8) is 0 Å². The molecule has 6 heteroatoms. The zero-order chi connectivity index (χ0) is 14.2. The first-order valence-electron chi connectivity index (χ1n) is 5.13. The summed E-state index contributed by atoms with van der Waals surface area (Å²) in [5.41, 5.74) is 0.140. The summed E-state index contributed by atoms with van der Waals surface area (Å²) in [6.45, 7) is 0. The molecule has 2 aromatic rings. The normalized spacial score (nSPS) is 12.5. The van der Waals surface area contributed by atoms with Crippen LogP contribution in [0.1, 0.15) is 16.0 Å². The van der Waals surface area contributed by atoms with Crippen LogP contribution in [-0.4, -0.2) is 0 Å². The lowest BCUT2D eigenvalue weighted by atomic mass is 10.0. The van der Waals surface area contributed by atoms with E-state index in [1.54, 1.807) is 12.1 Å². The number of halogens is 6. The molecule has 2 aromatic carbocycles. The van der Waals surface area contributed by atoms with Crippen molar-refractivity contribution < 1.29 is 13.2 Å². The van der Waals surface area contributed by atoms with Crippen molar-refractivity contribution in [1.29, 1.82) is 0 Å². The van der Waals surface area contributed by atoms with Gasteiger partial charge in [0.05, 0.1) is 4.83 Å². The first kappa shape index (κ1) is 14.7. The van der Waals surface area contributed by atoms with Crippen molar-refractivity contribution in [3.8, 4) is 0 Å². The fourth-order valence-electron chi connectivity index (χ4n) is 1.66. The third-order valence-corrected chi connectivity index (χ3v) is 4.05. The summed E-state index contributed by atoms with van der Waals surface area (Å²) in [5.74, 6) is -2.93. The van der Waals surface area contributed by atoms with Crippen LogP contribution in [0.15, 0.2) is 30.3 Å². The Morgan fingerprint density at radius 2 is 1.53 bits per heavy atom. The Hall–Kier alpha value is -0.710. The van der Waals surface area contributed by atoms with Gasteiger partial charge < -0.3 is 0 Å². The molecule has 0 amide bonds. The predicted octanol–water partition coefficient (Wildman–Crippen LogP) is 5.90. The lowest BCUT2D eigenvalue weighted by Crippen LogP contribution is -2.02. The van der Waals surface area contributed by atoms with Gasteiger partial charge in [0.25, 0.3) is 0 Å². The van der Waals surface area contributed by atoms with Crippen LogP contribution in [-0.2, 0) is 0 Å². The molecule has 2 rings (SSSR count). The molecule has 0 bridgehead atoms. The molecule has 1 atom stereocenters. The maximum absolute atomic E-state index is 13.7. The van der Waals surface area contributed by atoms with Gasteiger partial charge in [0, 0.05) is 27.7 Å². The van der Waals surface area contributed by atoms with E-state index in [1.807, 2.05) is 0 Å². The van der Waals surface area contributed by atoms with E-state index in [1.165, 1.54) is 6.07 Å². The largest absolute Gasteiger partial charge is 0.207 e. The Kier molecular flexibility index (Phi) is 4.43. The van der Waals surface area contributed by atoms with Crippen molar-refractivity contribution in [3.05, 3.63) is 69.0 Å². The lowest BCUT2D eigenvalue weighted by Gasteiger charge is -2.14. The number of rotatable bonds is 2. The monoisotopic (exact) mass is 368 g/mol. The van der Waals surface area contributed by atoms with E-state index in [0.29, 0.717) is 22.7 Å². The van der Waals surface area contributed by atoms with E-state index in [-0.39, 0.29) is 10.6 Å². The lowest BCUT2D eigenvalue weighted by molar-refractivity contribution is 0.527. The van der Waals surface area contributed by atoms with Crippen molar-refractivity contribution in [1.82, 2.24) is 0 Å². The Bertz CT molecular complexity index is 608. The van der Waals surface area contributed by atoms with Crippen LogP contribution in [0, 0.1) is 17.5 Å². The average molecular weight is 370 g/mol. The van der Waals surface area contributed by atoms with Gasteiger partial charge in [-0.3, -0.25) is 0 Å². The second-order valence-corrected chi connectivity index (χ2v) is 5.57. The second-order valence-electron chi connectivity index (χ2n) is 3.81. The van der Waals surface area contributed by atoms with Crippen molar-refractivity contribution in [2.75, 3.05) is 0 Å². The number of alkyl halides is 1. The van der Waals surface area contributed by atoms with E-state index in [2.05, 4.69) is 15.9 Å². The predicted molar refractivity (Wildman–Crippen MR) is 73.5 cm³/mol. The number of benzene rings is 2. The molecular weight excluding hydrogens is 364 g/mol. The second kappa shape index (κ2) is 5.73. The molecule has 0 aliphatic carbocycles. The molecule has 0 aliphatic rings. The van der Waals surface area contributed by atoms with Gasteiger partial charge >= 0.3 is 0 Å². The van der Waals surface area contributed by atoms with Gasteiger partial charge in [-0.25, -0.2) is 13.2 Å². The summed E-state index contributed by atoms with van der Waals surface area (Å²) in [5, 5.41) is 0.672. The zero-order valence-corrected chi connectivity index (χ0v) is 12.3. The minimum absolute atomic E-state index is 0.262. The van der Waals surface area contributed by atoms with E-state index in [9.17, 15) is 13.2 Å². The Balaban J connectivity index is 2.53. The Morgan fingerprint density at radius 1 is 0.947 bits per heavy atom. The highest BCUT2D eigenvalue weighted by Crippen LogP contribution is 2.38. The number of hydrogen-bond donors (Lipinski definition) is 0. The summed E-state index contributed by atoms with van der Waals surface area (Å²) < 4.78 is 40.2. The summed E-state index contributed by atoms with van der Waals surface area (Å²) in [6.07, 6.45) is 0. The highest BCUT2D eigenvalue weighted by molar-refractivity contribution is 9.09. The van der Waals surface area contributed by atoms with Gasteiger partial charge in [-0.15, -0.1) is 0 Å². The van der Waals surface area contributed by atoms with Crippen LogP contribution in [0.3, 0.4) is 0 Å². The van der Waals surface area contributed by atoms with E-state index < -0.39 is 22.3 Å². The highest BCUT2D eigenvalue weighted by atomic mass is 79.9. The van der Waals surface area contributed by atoms with Crippen molar-refractivity contribution >= 4 is 39.1 Å². The van der Waals surface area contributed by atoms with Crippen LogP contribution in [0.25, 0.3) is 0 Å². The van der Waals surface area contributed by atoms with Crippen LogP contribution < -0.4 is 0 Å². The Morgan fingerprint density at radius 3 is 2.05 bits per heavy atom. The Labute approximate surface area is 126 Å². The van der Waals surface area contributed by atoms with Crippen LogP contribution in [0.5, 0.6) is 0 Å². The van der Waals surface area contributed by atoms with Gasteiger partial charge in [0.15, 0.2) is 0 Å². The molecule has 1 unspecified atom stereocenters.